The van der Waals surface area contributed by atoms with Crippen molar-refractivity contribution in [2.45, 2.75) is 258 Å². The summed E-state index contributed by atoms with van der Waals surface area (Å²) in [7, 11) is 0. The normalized spacial score (nSPS) is 12.1. The molecule has 322 valence electrons. The molecule has 0 rings (SSSR count). The highest BCUT2D eigenvalue weighted by atomic mass is 16.6. The Morgan fingerprint density at radius 3 is 1.04 bits per heavy atom. The van der Waals surface area contributed by atoms with Crippen LogP contribution in [0.4, 0.5) is 0 Å². The van der Waals surface area contributed by atoms with Gasteiger partial charge < -0.3 is 14.2 Å². The second-order valence-electron chi connectivity index (χ2n) is 16.0. The van der Waals surface area contributed by atoms with Crippen LogP contribution in [0.2, 0.25) is 0 Å². The molecule has 0 saturated heterocycles. The first-order valence-electron chi connectivity index (χ1n) is 23.8. The molecule has 0 radical (unpaired) electrons. The molecular formula is C49H90O6. The number of rotatable bonds is 43. The van der Waals surface area contributed by atoms with E-state index in [-0.39, 0.29) is 31.1 Å². The molecule has 0 bridgehead atoms. The lowest BCUT2D eigenvalue weighted by atomic mass is 10.1. The predicted octanol–water partition coefficient (Wildman–Crippen LogP) is 15.2. The van der Waals surface area contributed by atoms with E-state index in [0.29, 0.717) is 19.3 Å². The number of esters is 3. The van der Waals surface area contributed by atoms with Gasteiger partial charge in [0.1, 0.15) is 13.2 Å². The second kappa shape index (κ2) is 44.6. The maximum Gasteiger partial charge on any atom is 0.306 e. The molecule has 0 heterocycles. The van der Waals surface area contributed by atoms with Crippen molar-refractivity contribution in [3.63, 3.8) is 0 Å². The third kappa shape index (κ3) is 42.9. The molecule has 6 heteroatoms. The van der Waals surface area contributed by atoms with Gasteiger partial charge in [-0.05, 0) is 51.4 Å². The Hall–Kier alpha value is -2.11. The minimum Gasteiger partial charge on any atom is -0.462 e. The highest BCUT2D eigenvalue weighted by Crippen LogP contribution is 2.15. The van der Waals surface area contributed by atoms with Gasteiger partial charge in [0.2, 0.25) is 0 Å². The van der Waals surface area contributed by atoms with Gasteiger partial charge in [0.15, 0.2) is 6.10 Å². The molecule has 0 fully saturated rings. The van der Waals surface area contributed by atoms with E-state index in [1.807, 2.05) is 0 Å². The number of hydrogen-bond acceptors (Lipinski definition) is 6. The first-order valence-corrected chi connectivity index (χ1v) is 23.8. The fourth-order valence-electron chi connectivity index (χ4n) is 6.82. The van der Waals surface area contributed by atoms with Crippen LogP contribution in [0.1, 0.15) is 252 Å². The van der Waals surface area contributed by atoms with E-state index in [9.17, 15) is 14.4 Å². The maximum absolute atomic E-state index is 12.7. The van der Waals surface area contributed by atoms with Gasteiger partial charge >= 0.3 is 17.9 Å². The summed E-state index contributed by atoms with van der Waals surface area (Å²) in [6.07, 6.45) is 48.7. The molecule has 0 saturated carbocycles. The van der Waals surface area contributed by atoms with Crippen LogP contribution in [0.5, 0.6) is 0 Å². The Morgan fingerprint density at radius 1 is 0.364 bits per heavy atom. The van der Waals surface area contributed by atoms with Crippen LogP contribution in [0.15, 0.2) is 24.3 Å². The summed E-state index contributed by atoms with van der Waals surface area (Å²) < 4.78 is 16.7. The average molecular weight is 775 g/mol. The van der Waals surface area contributed by atoms with Gasteiger partial charge in [-0.3, -0.25) is 14.4 Å². The molecule has 0 aromatic carbocycles. The molecule has 0 aliphatic rings. The van der Waals surface area contributed by atoms with E-state index in [1.165, 1.54) is 135 Å². The van der Waals surface area contributed by atoms with Gasteiger partial charge in [-0.25, -0.2) is 0 Å². The summed E-state index contributed by atoms with van der Waals surface area (Å²) in [5, 5.41) is 0. The predicted molar refractivity (Wildman–Crippen MR) is 233 cm³/mol. The minimum absolute atomic E-state index is 0.0716. The SMILES string of the molecule is CCCCC/C=C\C/C=C\CCCCCCCC(=O)OC[C@H](COC(=O)CCCCCCCCCCCCC)OC(=O)CCCCCCCCCCCCC. The van der Waals surface area contributed by atoms with E-state index in [0.717, 1.165) is 77.0 Å². The molecular weight excluding hydrogens is 685 g/mol. The van der Waals surface area contributed by atoms with E-state index in [1.54, 1.807) is 0 Å². The summed E-state index contributed by atoms with van der Waals surface area (Å²) in [5.41, 5.74) is 0. The number of carbonyl (C=O) groups excluding carboxylic acids is 3. The van der Waals surface area contributed by atoms with Crippen LogP contribution in [0.3, 0.4) is 0 Å². The lowest BCUT2D eigenvalue weighted by Crippen LogP contribution is -2.30. The minimum atomic E-state index is -0.768. The van der Waals surface area contributed by atoms with Crippen molar-refractivity contribution in [3.05, 3.63) is 24.3 Å². The van der Waals surface area contributed by atoms with Crippen LogP contribution < -0.4 is 0 Å². The third-order valence-corrected chi connectivity index (χ3v) is 10.5. The standard InChI is InChI=1S/C49H90O6/c1-4-7-10-13-16-19-22-23-24-25-28-30-33-36-39-42-48(51)54-45-46(55-49(52)43-40-37-34-31-27-21-18-15-12-9-6-3)44-53-47(50)41-38-35-32-29-26-20-17-14-11-8-5-2/h16,19,23-24,46H,4-15,17-18,20-22,25-45H2,1-3H3/b19-16-,24-23-/t46-/m0/s1. The van der Waals surface area contributed by atoms with Gasteiger partial charge in [0.05, 0.1) is 0 Å². The Bertz CT molecular complexity index is 896. The summed E-state index contributed by atoms with van der Waals surface area (Å²) in [5.74, 6) is -0.879. The number of allylic oxidation sites excluding steroid dienone is 4. The van der Waals surface area contributed by atoms with Gasteiger partial charge in [-0.2, -0.15) is 0 Å². The van der Waals surface area contributed by atoms with Gasteiger partial charge in [0, 0.05) is 19.3 Å². The zero-order chi connectivity index (χ0) is 40.1. The third-order valence-electron chi connectivity index (χ3n) is 10.5. The number of carbonyl (C=O) groups is 3. The number of hydrogen-bond donors (Lipinski definition) is 0. The van der Waals surface area contributed by atoms with Crippen LogP contribution >= 0.6 is 0 Å². The van der Waals surface area contributed by atoms with Crippen LogP contribution in [-0.2, 0) is 28.6 Å². The first-order chi connectivity index (χ1) is 27.0. The van der Waals surface area contributed by atoms with Crippen molar-refractivity contribution in [1.82, 2.24) is 0 Å². The van der Waals surface area contributed by atoms with Crippen molar-refractivity contribution in [2.75, 3.05) is 13.2 Å². The summed E-state index contributed by atoms with van der Waals surface area (Å²) in [6.45, 7) is 6.59. The highest BCUT2D eigenvalue weighted by molar-refractivity contribution is 5.71. The zero-order valence-electron chi connectivity index (χ0n) is 36.7. The molecule has 0 aliphatic heterocycles. The van der Waals surface area contributed by atoms with Gasteiger partial charge in [-0.15, -0.1) is 0 Å². The molecule has 0 aliphatic carbocycles. The molecule has 0 aromatic heterocycles. The van der Waals surface area contributed by atoms with Crippen LogP contribution in [-0.4, -0.2) is 37.2 Å². The largest absolute Gasteiger partial charge is 0.462 e. The van der Waals surface area contributed by atoms with Crippen LogP contribution in [0.25, 0.3) is 0 Å². The van der Waals surface area contributed by atoms with Crippen molar-refractivity contribution < 1.29 is 28.6 Å². The molecule has 1 atom stereocenters. The monoisotopic (exact) mass is 775 g/mol. The Kier molecular flexibility index (Phi) is 42.9. The Labute approximate surface area is 341 Å². The topological polar surface area (TPSA) is 78.9 Å². The Morgan fingerprint density at radius 2 is 0.655 bits per heavy atom. The second-order valence-corrected chi connectivity index (χ2v) is 16.0. The highest BCUT2D eigenvalue weighted by Gasteiger charge is 2.19. The molecule has 0 N–H and O–H groups in total. The maximum atomic E-state index is 12.7. The van der Waals surface area contributed by atoms with Crippen molar-refractivity contribution in [3.8, 4) is 0 Å². The van der Waals surface area contributed by atoms with Crippen molar-refractivity contribution >= 4 is 17.9 Å². The Balaban J connectivity index is 4.35. The summed E-state index contributed by atoms with van der Waals surface area (Å²) in [4.78, 5) is 37.7. The average Bonchev–Trinajstić information content (AvgIpc) is 3.18. The smallest absolute Gasteiger partial charge is 0.306 e. The fourth-order valence-corrected chi connectivity index (χ4v) is 6.82. The first kappa shape index (κ1) is 52.9. The van der Waals surface area contributed by atoms with Gasteiger partial charge in [0.25, 0.3) is 0 Å². The zero-order valence-corrected chi connectivity index (χ0v) is 36.7. The number of unbranched alkanes of at least 4 members (excludes halogenated alkanes) is 28. The van der Waals surface area contributed by atoms with E-state index < -0.39 is 6.10 Å². The van der Waals surface area contributed by atoms with Crippen molar-refractivity contribution in [1.29, 1.82) is 0 Å². The fraction of sp³-hybridized carbons (Fsp3) is 0.857. The lowest BCUT2D eigenvalue weighted by molar-refractivity contribution is -0.167. The molecule has 55 heavy (non-hydrogen) atoms. The van der Waals surface area contributed by atoms with E-state index >= 15 is 0 Å². The molecule has 0 spiro atoms. The summed E-state index contributed by atoms with van der Waals surface area (Å²) in [6, 6.07) is 0. The number of ether oxygens (including phenoxy) is 3. The van der Waals surface area contributed by atoms with Crippen molar-refractivity contribution in [2.24, 2.45) is 0 Å². The molecule has 0 unspecified atom stereocenters. The quantitative estimate of drug-likeness (QED) is 0.0266. The summed E-state index contributed by atoms with van der Waals surface area (Å²) >= 11 is 0. The lowest BCUT2D eigenvalue weighted by Gasteiger charge is -2.18. The molecule has 0 amide bonds. The van der Waals surface area contributed by atoms with Gasteiger partial charge in [-0.1, -0.05) is 206 Å². The van der Waals surface area contributed by atoms with E-state index in [2.05, 4.69) is 45.1 Å². The molecule has 6 nitrogen and oxygen atoms in total. The van der Waals surface area contributed by atoms with Crippen LogP contribution in [0, 0.1) is 0 Å². The van der Waals surface area contributed by atoms with E-state index in [4.69, 9.17) is 14.2 Å². The molecule has 0 aromatic rings.